The van der Waals surface area contributed by atoms with Gasteiger partial charge in [0.2, 0.25) is 0 Å². The third-order valence-corrected chi connectivity index (χ3v) is 5.73. The van der Waals surface area contributed by atoms with Gasteiger partial charge in [0.15, 0.2) is 0 Å². The second-order valence-corrected chi connectivity index (χ2v) is 8.47. The fourth-order valence-corrected chi connectivity index (χ4v) is 4.28. The molecule has 0 unspecified atom stereocenters. The number of rotatable bonds is 4. The first-order valence-corrected chi connectivity index (χ1v) is 10.5. The number of anilines is 1. The first-order valence-electron chi connectivity index (χ1n) is 10.5. The highest BCUT2D eigenvalue weighted by molar-refractivity contribution is 6.18. The van der Waals surface area contributed by atoms with Crippen molar-refractivity contribution >= 4 is 34.0 Å². The lowest BCUT2D eigenvalue weighted by Gasteiger charge is -2.29. The fraction of sp³-hybridized carbons (Fsp3) is 0.280. The van der Waals surface area contributed by atoms with Crippen LogP contribution in [0.3, 0.4) is 0 Å². The van der Waals surface area contributed by atoms with Crippen LogP contribution in [0, 0.1) is 5.82 Å². The van der Waals surface area contributed by atoms with E-state index in [4.69, 9.17) is 4.74 Å². The highest BCUT2D eigenvalue weighted by atomic mass is 19.1. The van der Waals surface area contributed by atoms with E-state index in [1.54, 1.807) is 13.1 Å². The van der Waals surface area contributed by atoms with Gasteiger partial charge in [0.1, 0.15) is 5.82 Å². The Morgan fingerprint density at radius 2 is 1.91 bits per heavy atom. The quantitative estimate of drug-likeness (QED) is 0.584. The van der Waals surface area contributed by atoms with E-state index in [0.29, 0.717) is 17.8 Å². The number of esters is 1. The molecule has 2 N–H and O–H groups in total. The zero-order chi connectivity index (χ0) is 23.0. The Bertz CT molecular complexity index is 1230. The molecule has 0 aliphatic carbocycles. The van der Waals surface area contributed by atoms with Crippen molar-refractivity contribution in [3.63, 3.8) is 0 Å². The molecule has 1 amide bonds. The molecule has 4 rings (SSSR count). The lowest BCUT2D eigenvalue weighted by atomic mass is 9.81. The number of hydrogen-bond acceptors (Lipinski definition) is 4. The van der Waals surface area contributed by atoms with Gasteiger partial charge >= 0.3 is 5.97 Å². The van der Waals surface area contributed by atoms with Crippen LogP contribution >= 0.6 is 0 Å². The Hall–Kier alpha value is -3.61. The number of nitrogens with zero attached hydrogens (tertiary/aromatic N) is 1. The molecular formula is C25H26FN3O3. The molecule has 2 heterocycles. The summed E-state index contributed by atoms with van der Waals surface area (Å²) in [5.41, 5.74) is 3.57. The molecule has 0 radical (unpaired) electrons. The van der Waals surface area contributed by atoms with Gasteiger partial charge in [-0.05, 0) is 48.9 Å². The van der Waals surface area contributed by atoms with E-state index < -0.39 is 17.2 Å². The summed E-state index contributed by atoms with van der Waals surface area (Å²) < 4.78 is 18.7. The van der Waals surface area contributed by atoms with E-state index in [1.165, 1.54) is 29.2 Å². The van der Waals surface area contributed by atoms with Crippen LogP contribution < -0.4 is 5.32 Å². The van der Waals surface area contributed by atoms with Gasteiger partial charge in [0.05, 0.1) is 17.9 Å². The minimum Gasteiger partial charge on any atom is -0.462 e. The molecule has 0 fully saturated rings. The predicted octanol–water partition coefficient (Wildman–Crippen LogP) is 4.69. The molecule has 1 aliphatic rings. The van der Waals surface area contributed by atoms with Crippen molar-refractivity contribution in [2.24, 2.45) is 0 Å². The molecular weight excluding hydrogens is 409 g/mol. The van der Waals surface area contributed by atoms with E-state index >= 15 is 0 Å². The second kappa shape index (κ2) is 8.15. The Kier molecular flexibility index (Phi) is 5.50. The number of nitrogens with one attached hydrogen (secondary N) is 2. The van der Waals surface area contributed by atoms with Crippen molar-refractivity contribution in [2.45, 2.75) is 26.2 Å². The average Bonchev–Trinajstić information content (AvgIpc) is 3.10. The van der Waals surface area contributed by atoms with Crippen LogP contribution in [-0.2, 0) is 14.9 Å². The molecule has 2 aromatic carbocycles. The first-order chi connectivity index (χ1) is 15.2. The zero-order valence-corrected chi connectivity index (χ0v) is 18.6. The van der Waals surface area contributed by atoms with Gasteiger partial charge < -0.3 is 19.9 Å². The number of halogens is 1. The van der Waals surface area contributed by atoms with Gasteiger partial charge in [-0.2, -0.15) is 0 Å². The van der Waals surface area contributed by atoms with E-state index in [9.17, 15) is 14.0 Å². The summed E-state index contributed by atoms with van der Waals surface area (Å²) in [6, 6.07) is 11.4. The molecule has 0 saturated heterocycles. The van der Waals surface area contributed by atoms with Crippen LogP contribution in [0.4, 0.5) is 10.1 Å². The van der Waals surface area contributed by atoms with E-state index in [1.807, 2.05) is 39.1 Å². The van der Waals surface area contributed by atoms with Crippen molar-refractivity contribution in [2.75, 3.05) is 25.5 Å². The van der Waals surface area contributed by atoms with Gasteiger partial charge in [0, 0.05) is 47.4 Å². The summed E-state index contributed by atoms with van der Waals surface area (Å²) in [5.74, 6) is -1.24. The van der Waals surface area contributed by atoms with Crippen LogP contribution in [0.15, 0.2) is 48.7 Å². The smallest absolute Gasteiger partial charge is 0.341 e. The number of aromatic nitrogens is 1. The minimum atomic E-state index is -0.510. The molecule has 0 bridgehead atoms. The van der Waals surface area contributed by atoms with Crippen LogP contribution in [0.5, 0.6) is 0 Å². The Morgan fingerprint density at radius 3 is 2.56 bits per heavy atom. The highest BCUT2D eigenvalue weighted by Gasteiger charge is 2.37. The van der Waals surface area contributed by atoms with Crippen molar-refractivity contribution < 1.29 is 18.7 Å². The molecule has 3 aromatic rings. The SMILES string of the molecule is CCOC(=O)C1=CN(C(=O)c2ccc(F)cc2)CC(C)(C)c2c1[nH]c1cc(NC)ccc21. The molecule has 7 heteroatoms. The summed E-state index contributed by atoms with van der Waals surface area (Å²) in [7, 11) is 1.85. The maximum absolute atomic E-state index is 13.4. The molecule has 0 atom stereocenters. The number of aromatic amines is 1. The van der Waals surface area contributed by atoms with E-state index in [-0.39, 0.29) is 18.1 Å². The number of H-pyrrole nitrogens is 1. The van der Waals surface area contributed by atoms with Crippen molar-refractivity contribution in [3.8, 4) is 0 Å². The molecule has 1 aliphatic heterocycles. The molecule has 6 nitrogen and oxygen atoms in total. The largest absolute Gasteiger partial charge is 0.462 e. The third-order valence-electron chi connectivity index (χ3n) is 5.73. The van der Waals surface area contributed by atoms with Gasteiger partial charge in [-0.25, -0.2) is 9.18 Å². The molecule has 32 heavy (non-hydrogen) atoms. The Labute approximate surface area is 186 Å². The number of fused-ring (bicyclic) bond motifs is 3. The number of benzene rings is 2. The number of carbonyl (C=O) groups excluding carboxylic acids is 2. The zero-order valence-electron chi connectivity index (χ0n) is 18.6. The number of amides is 1. The molecule has 0 spiro atoms. The Morgan fingerprint density at radius 1 is 1.19 bits per heavy atom. The van der Waals surface area contributed by atoms with Crippen LogP contribution in [0.25, 0.3) is 16.5 Å². The van der Waals surface area contributed by atoms with E-state index in [2.05, 4.69) is 10.3 Å². The molecule has 0 saturated carbocycles. The maximum Gasteiger partial charge on any atom is 0.341 e. The molecule has 166 valence electrons. The fourth-order valence-electron chi connectivity index (χ4n) is 4.28. The average molecular weight is 435 g/mol. The predicted molar refractivity (Wildman–Crippen MR) is 123 cm³/mol. The van der Waals surface area contributed by atoms with Crippen LogP contribution in [-0.4, -0.2) is 42.0 Å². The number of hydrogen-bond donors (Lipinski definition) is 2. The second-order valence-electron chi connectivity index (χ2n) is 8.47. The lowest BCUT2D eigenvalue weighted by molar-refractivity contribution is -0.136. The van der Waals surface area contributed by atoms with Crippen LogP contribution in [0.1, 0.15) is 42.4 Å². The van der Waals surface area contributed by atoms with Crippen LogP contribution in [0.2, 0.25) is 0 Å². The Balaban J connectivity index is 1.90. The lowest BCUT2D eigenvalue weighted by Crippen LogP contribution is -2.36. The monoisotopic (exact) mass is 435 g/mol. The van der Waals surface area contributed by atoms with Gasteiger partial charge in [-0.3, -0.25) is 4.79 Å². The summed E-state index contributed by atoms with van der Waals surface area (Å²) >= 11 is 0. The first kappa shape index (κ1) is 21.6. The normalized spacial score (nSPS) is 15.0. The van der Waals surface area contributed by atoms with Crippen molar-refractivity contribution in [1.29, 1.82) is 0 Å². The third kappa shape index (κ3) is 3.75. The number of ether oxygens (including phenoxy) is 1. The van der Waals surface area contributed by atoms with Gasteiger partial charge in [-0.15, -0.1) is 0 Å². The summed E-state index contributed by atoms with van der Waals surface area (Å²) in [6.45, 7) is 6.37. The summed E-state index contributed by atoms with van der Waals surface area (Å²) in [5, 5.41) is 4.11. The van der Waals surface area contributed by atoms with Gasteiger partial charge in [0.25, 0.3) is 5.91 Å². The summed E-state index contributed by atoms with van der Waals surface area (Å²) in [6.07, 6.45) is 1.55. The standard InChI is InChI=1S/C25H26FN3O3/c1-5-32-24(31)19-13-29(23(30)15-6-8-16(26)9-7-15)14-25(2,3)21-18-11-10-17(27-4)12-20(18)28-22(19)21/h6-13,27-28H,5,14H2,1-4H3. The summed E-state index contributed by atoms with van der Waals surface area (Å²) in [4.78, 5) is 31.2. The molecule has 1 aromatic heterocycles. The highest BCUT2D eigenvalue weighted by Crippen LogP contribution is 2.41. The minimum absolute atomic E-state index is 0.213. The van der Waals surface area contributed by atoms with Gasteiger partial charge in [-0.1, -0.05) is 19.9 Å². The van der Waals surface area contributed by atoms with Crippen molar-refractivity contribution in [3.05, 3.63) is 71.3 Å². The van der Waals surface area contributed by atoms with E-state index in [0.717, 1.165) is 22.2 Å². The maximum atomic E-state index is 13.4. The number of carbonyl (C=O) groups is 2. The topological polar surface area (TPSA) is 74.4 Å². The van der Waals surface area contributed by atoms with Crippen molar-refractivity contribution in [1.82, 2.24) is 9.88 Å².